The lowest BCUT2D eigenvalue weighted by atomic mass is 9.87. The minimum Gasteiger partial charge on any atom is -0.469 e. The Bertz CT molecular complexity index is 1220. The lowest BCUT2D eigenvalue weighted by Crippen LogP contribution is -2.49. The summed E-state index contributed by atoms with van der Waals surface area (Å²) in [7, 11) is -3.77. The first kappa shape index (κ1) is 23.2. The van der Waals surface area contributed by atoms with Gasteiger partial charge in [-0.15, -0.1) is 0 Å². The first-order valence-corrected chi connectivity index (χ1v) is 12.6. The van der Waals surface area contributed by atoms with Gasteiger partial charge >= 0.3 is 0 Å². The van der Waals surface area contributed by atoms with Gasteiger partial charge in [-0.3, -0.25) is 0 Å². The number of sulfonamides is 1. The standard InChI is InChI=1S/C27H30N2O3S/c1-19-15-17-22(18-16-19)33(30,31)29-25(27(2,3)4)26-28-23(20-11-7-5-8-12-20)24(32-26)21-13-9-6-10-14-21/h5-18,23-25,29H,1-4H3/t23-,24+,25-/m1/s1. The zero-order chi connectivity index (χ0) is 23.6. The molecule has 0 unspecified atom stereocenters. The van der Waals surface area contributed by atoms with E-state index in [9.17, 15) is 8.42 Å². The third kappa shape index (κ3) is 5.18. The molecule has 0 spiro atoms. The Balaban J connectivity index is 1.72. The summed E-state index contributed by atoms with van der Waals surface area (Å²) in [5.74, 6) is 0.404. The highest BCUT2D eigenvalue weighted by atomic mass is 32.2. The summed E-state index contributed by atoms with van der Waals surface area (Å²) >= 11 is 0. The second kappa shape index (κ2) is 9.12. The molecule has 3 aromatic carbocycles. The summed E-state index contributed by atoms with van der Waals surface area (Å²) in [5.41, 5.74) is 2.56. The van der Waals surface area contributed by atoms with Crippen molar-refractivity contribution in [3.63, 3.8) is 0 Å². The molecule has 6 heteroatoms. The summed E-state index contributed by atoms with van der Waals surface area (Å²) in [4.78, 5) is 5.16. The highest BCUT2D eigenvalue weighted by Gasteiger charge is 2.42. The summed E-state index contributed by atoms with van der Waals surface area (Å²) in [6.07, 6.45) is -0.336. The molecular weight excluding hydrogens is 432 g/mol. The summed E-state index contributed by atoms with van der Waals surface area (Å²) < 4.78 is 35.8. The van der Waals surface area contributed by atoms with Crippen molar-refractivity contribution >= 4 is 15.9 Å². The van der Waals surface area contributed by atoms with Crippen LogP contribution in [0.5, 0.6) is 0 Å². The fourth-order valence-electron chi connectivity index (χ4n) is 3.90. The predicted molar refractivity (Wildman–Crippen MR) is 132 cm³/mol. The van der Waals surface area contributed by atoms with Crippen LogP contribution in [0, 0.1) is 12.3 Å². The van der Waals surface area contributed by atoms with Crippen molar-refractivity contribution in [1.82, 2.24) is 4.72 Å². The number of rotatable bonds is 6. The second-order valence-corrected chi connectivity index (χ2v) is 11.2. The van der Waals surface area contributed by atoms with E-state index in [2.05, 4.69) is 4.72 Å². The van der Waals surface area contributed by atoms with Crippen LogP contribution in [0.1, 0.15) is 49.6 Å². The Hall–Kier alpha value is -2.96. The number of benzene rings is 3. The van der Waals surface area contributed by atoms with Gasteiger partial charge in [-0.05, 0) is 35.6 Å². The lowest BCUT2D eigenvalue weighted by Gasteiger charge is -2.31. The average molecular weight is 463 g/mol. The van der Waals surface area contributed by atoms with Gasteiger partial charge in [-0.25, -0.2) is 13.4 Å². The van der Waals surface area contributed by atoms with Crippen LogP contribution < -0.4 is 4.72 Å². The minimum absolute atomic E-state index is 0.222. The quantitative estimate of drug-likeness (QED) is 0.518. The molecule has 1 aliphatic rings. The fourth-order valence-corrected chi connectivity index (χ4v) is 5.30. The van der Waals surface area contributed by atoms with Gasteiger partial charge in [-0.1, -0.05) is 99.1 Å². The molecule has 5 nitrogen and oxygen atoms in total. The van der Waals surface area contributed by atoms with Crippen LogP contribution in [0.25, 0.3) is 0 Å². The maximum absolute atomic E-state index is 13.2. The molecule has 0 saturated carbocycles. The minimum atomic E-state index is -3.77. The van der Waals surface area contributed by atoms with Crippen LogP contribution in [0.15, 0.2) is 94.8 Å². The van der Waals surface area contributed by atoms with E-state index in [4.69, 9.17) is 9.73 Å². The van der Waals surface area contributed by atoms with Gasteiger partial charge in [0.25, 0.3) is 0 Å². The number of hydrogen-bond acceptors (Lipinski definition) is 4. The summed E-state index contributed by atoms with van der Waals surface area (Å²) in [6, 6.07) is 25.8. The van der Waals surface area contributed by atoms with Gasteiger partial charge in [0, 0.05) is 0 Å². The smallest absolute Gasteiger partial charge is 0.241 e. The predicted octanol–water partition coefficient (Wildman–Crippen LogP) is 5.60. The normalized spacial score (nSPS) is 19.6. The fraction of sp³-hybridized carbons (Fsp3) is 0.296. The SMILES string of the molecule is Cc1ccc(S(=O)(=O)N[C@H](C2=N[C@H](c3ccccc3)[C@H](c3ccccc3)O2)C(C)(C)C)cc1. The number of hydrogen-bond donors (Lipinski definition) is 1. The number of ether oxygens (including phenoxy) is 1. The van der Waals surface area contributed by atoms with Crippen LogP contribution in [0.3, 0.4) is 0 Å². The highest BCUT2D eigenvalue weighted by Crippen LogP contribution is 2.42. The van der Waals surface area contributed by atoms with Crippen LogP contribution in [0.4, 0.5) is 0 Å². The van der Waals surface area contributed by atoms with Gasteiger partial charge in [0.05, 0.1) is 4.90 Å². The van der Waals surface area contributed by atoms with Gasteiger partial charge in [-0.2, -0.15) is 4.72 Å². The van der Waals surface area contributed by atoms with Gasteiger partial charge in [0.2, 0.25) is 15.9 Å². The van der Waals surface area contributed by atoms with Crippen molar-refractivity contribution < 1.29 is 13.2 Å². The highest BCUT2D eigenvalue weighted by molar-refractivity contribution is 7.89. The molecule has 0 amide bonds. The van der Waals surface area contributed by atoms with Gasteiger partial charge in [0.1, 0.15) is 12.1 Å². The first-order chi connectivity index (χ1) is 15.6. The van der Waals surface area contributed by atoms with Crippen molar-refractivity contribution in [3.05, 3.63) is 102 Å². The molecule has 1 heterocycles. The van der Waals surface area contributed by atoms with Crippen molar-refractivity contribution in [3.8, 4) is 0 Å². The summed E-state index contributed by atoms with van der Waals surface area (Å²) in [6.45, 7) is 7.87. The maximum Gasteiger partial charge on any atom is 0.241 e. The molecule has 0 aliphatic carbocycles. The van der Waals surface area contributed by atoms with Crippen LogP contribution in [-0.2, 0) is 14.8 Å². The molecular formula is C27H30N2O3S. The zero-order valence-electron chi connectivity index (χ0n) is 19.4. The number of aliphatic imine (C=N–C) groups is 1. The average Bonchev–Trinajstić information content (AvgIpc) is 3.23. The summed E-state index contributed by atoms with van der Waals surface area (Å²) in [5, 5.41) is 0. The Morgan fingerprint density at radius 2 is 1.39 bits per heavy atom. The van der Waals surface area contributed by atoms with E-state index in [1.54, 1.807) is 24.3 Å². The van der Waals surface area contributed by atoms with E-state index in [0.29, 0.717) is 5.90 Å². The largest absolute Gasteiger partial charge is 0.469 e. The molecule has 0 saturated heterocycles. The van der Waals surface area contributed by atoms with E-state index >= 15 is 0 Å². The van der Waals surface area contributed by atoms with Gasteiger partial charge < -0.3 is 4.74 Å². The van der Waals surface area contributed by atoms with E-state index < -0.39 is 21.5 Å². The maximum atomic E-state index is 13.2. The lowest BCUT2D eigenvalue weighted by molar-refractivity contribution is 0.177. The molecule has 0 bridgehead atoms. The van der Waals surface area contributed by atoms with E-state index in [0.717, 1.165) is 16.7 Å². The van der Waals surface area contributed by atoms with E-state index in [-0.39, 0.29) is 17.0 Å². The third-order valence-corrected chi connectivity index (χ3v) is 7.23. The second-order valence-electron chi connectivity index (χ2n) is 9.51. The van der Waals surface area contributed by atoms with Crippen LogP contribution in [-0.4, -0.2) is 20.4 Å². The molecule has 172 valence electrons. The molecule has 33 heavy (non-hydrogen) atoms. The number of nitrogens with zero attached hydrogens (tertiary/aromatic N) is 1. The first-order valence-electron chi connectivity index (χ1n) is 11.1. The molecule has 0 aromatic heterocycles. The number of aryl methyl sites for hydroxylation is 1. The molecule has 0 fully saturated rings. The molecule has 3 atom stereocenters. The van der Waals surface area contributed by atoms with Crippen molar-refractivity contribution in [2.24, 2.45) is 10.4 Å². The molecule has 4 rings (SSSR count). The number of nitrogens with one attached hydrogen (secondary N) is 1. The molecule has 1 N–H and O–H groups in total. The van der Waals surface area contributed by atoms with E-state index in [1.165, 1.54) is 0 Å². The Morgan fingerprint density at radius 3 is 1.94 bits per heavy atom. The Kier molecular flexibility index (Phi) is 6.41. The third-order valence-electron chi connectivity index (χ3n) is 5.79. The van der Waals surface area contributed by atoms with E-state index in [1.807, 2.05) is 88.4 Å². The van der Waals surface area contributed by atoms with Crippen molar-refractivity contribution in [2.45, 2.75) is 50.8 Å². The Labute approximate surface area is 196 Å². The topological polar surface area (TPSA) is 67.8 Å². The van der Waals surface area contributed by atoms with Crippen molar-refractivity contribution in [2.75, 3.05) is 0 Å². The van der Waals surface area contributed by atoms with Crippen molar-refractivity contribution in [1.29, 1.82) is 0 Å². The molecule has 1 aliphatic heterocycles. The van der Waals surface area contributed by atoms with Gasteiger partial charge in [0.15, 0.2) is 6.10 Å². The monoisotopic (exact) mass is 462 g/mol. The Morgan fingerprint density at radius 1 is 0.848 bits per heavy atom. The zero-order valence-corrected chi connectivity index (χ0v) is 20.2. The van der Waals surface area contributed by atoms with Crippen LogP contribution >= 0.6 is 0 Å². The van der Waals surface area contributed by atoms with Crippen LogP contribution in [0.2, 0.25) is 0 Å². The molecule has 3 aromatic rings. The molecule has 0 radical (unpaired) electrons.